The number of hydrogen-bond donors (Lipinski definition) is 2. The molecule has 0 bridgehead atoms. The topological polar surface area (TPSA) is 86.7 Å². The Balaban J connectivity index is 2.55. The number of rotatable bonds is 2. The number of carboxylic acid groups (broad SMARTS) is 1. The summed E-state index contributed by atoms with van der Waals surface area (Å²) in [5, 5.41) is 10.7. The van der Waals surface area contributed by atoms with E-state index in [1.54, 1.807) is 0 Å². The van der Waals surface area contributed by atoms with Crippen LogP contribution in [0.3, 0.4) is 0 Å². The smallest absolute Gasteiger partial charge is 0.323 e. The fourth-order valence-electron chi connectivity index (χ4n) is 0.911. The maximum Gasteiger partial charge on any atom is 0.323 e. The maximum atomic E-state index is 10.9. The molecule has 0 atom stereocenters. The van der Waals surface area contributed by atoms with Crippen molar-refractivity contribution in [3.63, 3.8) is 0 Å². The predicted octanol–water partition coefficient (Wildman–Crippen LogP) is -1.97. The molecule has 6 nitrogen and oxygen atoms in total. The van der Waals surface area contributed by atoms with Gasteiger partial charge in [-0.05, 0) is 0 Å². The molecule has 0 radical (unpaired) electrons. The quantitative estimate of drug-likeness (QED) is 0.505. The summed E-state index contributed by atoms with van der Waals surface area (Å²) in [6, 6.07) is 0. The highest BCUT2D eigenvalue weighted by Crippen LogP contribution is 1.94. The Bertz CT molecular complexity index is 236. The molecule has 1 heterocycles. The van der Waals surface area contributed by atoms with Gasteiger partial charge >= 0.3 is 5.97 Å². The van der Waals surface area contributed by atoms with E-state index in [1.807, 2.05) is 0 Å². The summed E-state index contributed by atoms with van der Waals surface area (Å²) in [6.07, 6.45) is 0. The summed E-state index contributed by atoms with van der Waals surface area (Å²) in [4.78, 5) is 32.8. The largest absolute Gasteiger partial charge is 0.480 e. The van der Waals surface area contributed by atoms with Crippen molar-refractivity contribution in [1.82, 2.24) is 10.2 Å². The van der Waals surface area contributed by atoms with Crippen molar-refractivity contribution in [2.75, 3.05) is 19.6 Å². The monoisotopic (exact) mass is 172 g/mol. The van der Waals surface area contributed by atoms with Crippen LogP contribution in [0.25, 0.3) is 0 Å². The number of nitrogens with zero attached hydrogens (tertiary/aromatic N) is 1. The van der Waals surface area contributed by atoms with Crippen molar-refractivity contribution in [2.24, 2.45) is 0 Å². The Kier molecular flexibility index (Phi) is 2.27. The van der Waals surface area contributed by atoms with E-state index >= 15 is 0 Å². The van der Waals surface area contributed by atoms with Crippen LogP contribution in [0.5, 0.6) is 0 Å². The number of carboxylic acids is 1. The summed E-state index contributed by atoms with van der Waals surface area (Å²) in [5.41, 5.74) is 0. The summed E-state index contributed by atoms with van der Waals surface area (Å²) >= 11 is 0. The summed E-state index contributed by atoms with van der Waals surface area (Å²) in [5.74, 6) is -1.80. The van der Waals surface area contributed by atoms with Gasteiger partial charge in [-0.3, -0.25) is 14.4 Å². The third kappa shape index (κ3) is 1.94. The Labute approximate surface area is 68.1 Å². The van der Waals surface area contributed by atoms with Gasteiger partial charge in [-0.2, -0.15) is 0 Å². The zero-order chi connectivity index (χ0) is 9.14. The highest BCUT2D eigenvalue weighted by Gasteiger charge is 2.24. The molecule has 0 aromatic heterocycles. The van der Waals surface area contributed by atoms with E-state index in [9.17, 15) is 14.4 Å². The zero-order valence-electron chi connectivity index (χ0n) is 6.24. The van der Waals surface area contributed by atoms with Crippen LogP contribution in [0.4, 0.5) is 0 Å². The third-order valence-electron chi connectivity index (χ3n) is 1.45. The summed E-state index contributed by atoms with van der Waals surface area (Å²) in [6.45, 7) is -0.677. The first kappa shape index (κ1) is 8.51. The number of piperazine rings is 1. The molecule has 1 aliphatic heterocycles. The number of hydrogen-bond acceptors (Lipinski definition) is 3. The minimum atomic E-state index is -1.11. The SMILES string of the molecule is O=C(O)CN1CC(=O)NCC1=O. The highest BCUT2D eigenvalue weighted by molar-refractivity contribution is 5.94. The first-order valence-corrected chi connectivity index (χ1v) is 3.36. The van der Waals surface area contributed by atoms with Gasteiger partial charge in [-0.25, -0.2) is 0 Å². The number of carbonyl (C=O) groups excluding carboxylic acids is 2. The van der Waals surface area contributed by atoms with Crippen LogP contribution in [0.1, 0.15) is 0 Å². The van der Waals surface area contributed by atoms with Gasteiger partial charge in [0.2, 0.25) is 11.8 Å². The van der Waals surface area contributed by atoms with Crippen LogP contribution < -0.4 is 5.32 Å². The van der Waals surface area contributed by atoms with E-state index in [1.165, 1.54) is 0 Å². The minimum absolute atomic E-state index is 0.105. The zero-order valence-corrected chi connectivity index (χ0v) is 6.24. The van der Waals surface area contributed by atoms with E-state index in [4.69, 9.17) is 5.11 Å². The Hall–Kier alpha value is -1.59. The molecule has 1 saturated heterocycles. The minimum Gasteiger partial charge on any atom is -0.480 e. The second-order valence-electron chi connectivity index (χ2n) is 2.42. The van der Waals surface area contributed by atoms with Crippen molar-refractivity contribution in [3.05, 3.63) is 0 Å². The molecule has 2 amide bonds. The van der Waals surface area contributed by atoms with Gasteiger partial charge in [0.15, 0.2) is 0 Å². The molecule has 0 spiro atoms. The Morgan fingerprint density at radius 1 is 1.58 bits per heavy atom. The third-order valence-corrected chi connectivity index (χ3v) is 1.45. The maximum absolute atomic E-state index is 10.9. The van der Waals surface area contributed by atoms with Crippen LogP contribution in [0.2, 0.25) is 0 Å². The van der Waals surface area contributed by atoms with Crippen molar-refractivity contribution in [3.8, 4) is 0 Å². The number of carbonyl (C=O) groups is 3. The predicted molar refractivity (Wildman–Crippen MR) is 37.2 cm³/mol. The van der Waals surface area contributed by atoms with Gasteiger partial charge in [0.1, 0.15) is 13.1 Å². The van der Waals surface area contributed by atoms with E-state index in [0.29, 0.717) is 0 Å². The molecular weight excluding hydrogens is 164 g/mol. The van der Waals surface area contributed by atoms with Crippen LogP contribution in [-0.2, 0) is 14.4 Å². The highest BCUT2D eigenvalue weighted by atomic mass is 16.4. The molecule has 0 saturated carbocycles. The number of nitrogens with one attached hydrogen (secondary N) is 1. The molecule has 2 N–H and O–H groups in total. The van der Waals surface area contributed by atoms with Crippen molar-refractivity contribution >= 4 is 17.8 Å². The fourth-order valence-corrected chi connectivity index (χ4v) is 0.911. The van der Waals surface area contributed by atoms with E-state index in [0.717, 1.165) is 4.90 Å². The van der Waals surface area contributed by atoms with Crippen LogP contribution in [0.15, 0.2) is 0 Å². The Morgan fingerprint density at radius 3 is 2.83 bits per heavy atom. The lowest BCUT2D eigenvalue weighted by Crippen LogP contribution is -2.52. The van der Waals surface area contributed by atoms with Gasteiger partial charge in [0.05, 0.1) is 6.54 Å². The molecular formula is C6H8N2O4. The normalized spacial score (nSPS) is 17.5. The van der Waals surface area contributed by atoms with Gasteiger partial charge in [0, 0.05) is 0 Å². The molecule has 12 heavy (non-hydrogen) atoms. The van der Waals surface area contributed by atoms with Gasteiger partial charge in [-0.1, -0.05) is 0 Å². The standard InChI is InChI=1S/C6H8N2O4/c9-4-2-8(3-6(11)12)5(10)1-7-4/h1-3H2,(H,7,9)(H,11,12). The van der Waals surface area contributed by atoms with Crippen LogP contribution >= 0.6 is 0 Å². The molecule has 0 aromatic rings. The lowest BCUT2D eigenvalue weighted by molar-refractivity contribution is -0.148. The van der Waals surface area contributed by atoms with E-state index in [2.05, 4.69) is 5.32 Å². The second kappa shape index (κ2) is 3.21. The van der Waals surface area contributed by atoms with E-state index < -0.39 is 12.5 Å². The summed E-state index contributed by atoms with van der Waals surface area (Å²) in [7, 11) is 0. The molecule has 6 heteroatoms. The molecule has 1 aliphatic rings. The van der Waals surface area contributed by atoms with Crippen LogP contribution in [0, 0.1) is 0 Å². The molecule has 0 aromatic carbocycles. The van der Waals surface area contributed by atoms with Crippen molar-refractivity contribution < 1.29 is 19.5 Å². The number of amides is 2. The van der Waals surface area contributed by atoms with Crippen LogP contribution in [-0.4, -0.2) is 47.4 Å². The van der Waals surface area contributed by atoms with Crippen molar-refractivity contribution in [2.45, 2.75) is 0 Å². The molecule has 0 unspecified atom stereocenters. The average Bonchev–Trinajstić information content (AvgIpc) is 1.96. The van der Waals surface area contributed by atoms with E-state index in [-0.39, 0.29) is 24.9 Å². The van der Waals surface area contributed by atoms with Crippen molar-refractivity contribution in [1.29, 1.82) is 0 Å². The Morgan fingerprint density at radius 2 is 2.25 bits per heavy atom. The fraction of sp³-hybridized carbons (Fsp3) is 0.500. The second-order valence-corrected chi connectivity index (χ2v) is 2.42. The molecule has 66 valence electrons. The number of aliphatic carboxylic acids is 1. The molecule has 0 aliphatic carbocycles. The lowest BCUT2D eigenvalue weighted by atomic mass is 10.3. The van der Waals surface area contributed by atoms with Gasteiger partial charge < -0.3 is 15.3 Å². The first-order chi connectivity index (χ1) is 5.59. The average molecular weight is 172 g/mol. The summed E-state index contributed by atoms with van der Waals surface area (Å²) < 4.78 is 0. The molecule has 1 fully saturated rings. The van der Waals surface area contributed by atoms with Gasteiger partial charge in [0.25, 0.3) is 0 Å². The first-order valence-electron chi connectivity index (χ1n) is 3.36. The lowest BCUT2D eigenvalue weighted by Gasteiger charge is -2.24. The van der Waals surface area contributed by atoms with Gasteiger partial charge in [-0.15, -0.1) is 0 Å². The molecule has 1 rings (SSSR count).